The molecule has 0 bridgehead atoms. The smallest absolute Gasteiger partial charge is 0.363 e. The molecule has 0 spiro atoms. The van der Waals surface area contributed by atoms with Gasteiger partial charge in [-0.2, -0.15) is 13.2 Å². The molecule has 0 unspecified atom stereocenters. The highest BCUT2D eigenvalue weighted by molar-refractivity contribution is 5.36. The van der Waals surface area contributed by atoms with E-state index in [0.717, 1.165) is 6.07 Å². The lowest BCUT2D eigenvalue weighted by Gasteiger charge is -2.09. The first kappa shape index (κ1) is 13.3. The summed E-state index contributed by atoms with van der Waals surface area (Å²) in [5.74, 6) is 0.794. The number of nitrogens with one attached hydrogen (secondary N) is 1. The highest BCUT2D eigenvalue weighted by Crippen LogP contribution is 2.28. The number of alkyl halides is 3. The fourth-order valence-electron chi connectivity index (χ4n) is 1.54. The number of rotatable bonds is 4. The summed E-state index contributed by atoms with van der Waals surface area (Å²) in [6.07, 6.45) is -2.88. The third-order valence-electron chi connectivity index (χ3n) is 2.50. The van der Waals surface area contributed by atoms with E-state index in [4.69, 9.17) is 0 Å². The Bertz CT molecular complexity index is 549. The fourth-order valence-corrected chi connectivity index (χ4v) is 1.54. The van der Waals surface area contributed by atoms with E-state index in [1.54, 1.807) is 10.9 Å². The average Bonchev–Trinajstić information content (AvgIpc) is 2.83. The number of anilines is 1. The minimum Gasteiger partial charge on any atom is -0.363 e. The zero-order valence-corrected chi connectivity index (χ0v) is 10.1. The Hall–Kier alpha value is -2.12. The van der Waals surface area contributed by atoms with Crippen molar-refractivity contribution in [3.8, 4) is 0 Å². The third-order valence-corrected chi connectivity index (χ3v) is 2.50. The van der Waals surface area contributed by atoms with E-state index in [-0.39, 0.29) is 12.4 Å². The zero-order valence-electron chi connectivity index (χ0n) is 10.1. The summed E-state index contributed by atoms with van der Waals surface area (Å²) in [5, 5.41) is 10.4. The van der Waals surface area contributed by atoms with Crippen LogP contribution >= 0.6 is 0 Å². The fraction of sp³-hybridized carbons (Fsp3) is 0.364. The van der Waals surface area contributed by atoms with Crippen LogP contribution in [0.15, 0.2) is 24.5 Å². The Labute approximate surface area is 107 Å². The molecule has 2 aromatic heterocycles. The van der Waals surface area contributed by atoms with Crippen molar-refractivity contribution in [1.82, 2.24) is 19.7 Å². The van der Waals surface area contributed by atoms with Crippen molar-refractivity contribution >= 4 is 5.82 Å². The summed E-state index contributed by atoms with van der Waals surface area (Å²) in [4.78, 5) is 3.51. The first-order valence-corrected chi connectivity index (χ1v) is 5.65. The summed E-state index contributed by atoms with van der Waals surface area (Å²) in [5.41, 5.74) is -0.922. The number of halogens is 3. The van der Waals surface area contributed by atoms with Crippen LogP contribution in [-0.2, 0) is 19.3 Å². The molecule has 0 aliphatic heterocycles. The van der Waals surface area contributed by atoms with Crippen LogP contribution in [0.4, 0.5) is 19.0 Å². The lowest BCUT2D eigenvalue weighted by atomic mass is 10.3. The van der Waals surface area contributed by atoms with Crippen molar-refractivity contribution in [2.24, 2.45) is 0 Å². The number of pyridine rings is 1. The Morgan fingerprint density at radius 1 is 1.32 bits per heavy atom. The lowest BCUT2D eigenvalue weighted by molar-refractivity contribution is -0.141. The maximum atomic E-state index is 12.5. The Balaban J connectivity index is 2.08. The van der Waals surface area contributed by atoms with Crippen molar-refractivity contribution in [2.75, 3.05) is 5.32 Å². The molecule has 2 rings (SSSR count). The van der Waals surface area contributed by atoms with Gasteiger partial charge in [-0.15, -0.1) is 10.2 Å². The summed E-state index contributed by atoms with van der Waals surface area (Å²) in [7, 11) is 0. The summed E-state index contributed by atoms with van der Waals surface area (Å²) in [6.45, 7) is 2.89. The van der Waals surface area contributed by atoms with E-state index in [9.17, 15) is 13.2 Å². The molecule has 0 atom stereocenters. The van der Waals surface area contributed by atoms with E-state index in [1.165, 1.54) is 12.1 Å². The average molecular weight is 271 g/mol. The largest absolute Gasteiger partial charge is 0.433 e. The molecule has 0 aliphatic carbocycles. The van der Waals surface area contributed by atoms with Crippen LogP contribution in [0.1, 0.15) is 18.4 Å². The molecule has 19 heavy (non-hydrogen) atoms. The molecule has 0 aromatic carbocycles. The molecule has 2 aromatic rings. The quantitative estimate of drug-likeness (QED) is 0.927. The molecule has 0 aliphatic rings. The van der Waals surface area contributed by atoms with Gasteiger partial charge in [0.2, 0.25) is 0 Å². The molecule has 102 valence electrons. The Kier molecular flexibility index (Phi) is 3.68. The summed E-state index contributed by atoms with van der Waals surface area (Å²) >= 11 is 0. The SMILES string of the molecule is CCn1cnnc1CNc1cccc(C(F)(F)F)n1. The lowest BCUT2D eigenvalue weighted by Crippen LogP contribution is -2.12. The van der Waals surface area contributed by atoms with Gasteiger partial charge < -0.3 is 9.88 Å². The van der Waals surface area contributed by atoms with Crippen LogP contribution in [0, 0.1) is 0 Å². The molecule has 2 heterocycles. The highest BCUT2D eigenvalue weighted by Gasteiger charge is 2.32. The van der Waals surface area contributed by atoms with E-state index in [1.807, 2.05) is 6.92 Å². The second-order valence-electron chi connectivity index (χ2n) is 3.79. The number of nitrogens with zero attached hydrogens (tertiary/aromatic N) is 4. The molecular weight excluding hydrogens is 259 g/mol. The van der Waals surface area contributed by atoms with Gasteiger partial charge in [-0.25, -0.2) is 4.98 Å². The van der Waals surface area contributed by atoms with Crippen molar-refractivity contribution < 1.29 is 13.2 Å². The topological polar surface area (TPSA) is 55.6 Å². The van der Waals surface area contributed by atoms with Crippen molar-refractivity contribution in [3.05, 3.63) is 36.0 Å². The van der Waals surface area contributed by atoms with Crippen LogP contribution in [0.3, 0.4) is 0 Å². The normalized spacial score (nSPS) is 11.6. The molecule has 0 radical (unpaired) electrons. The maximum absolute atomic E-state index is 12.5. The molecule has 0 saturated heterocycles. The van der Waals surface area contributed by atoms with Gasteiger partial charge in [-0.3, -0.25) is 0 Å². The van der Waals surface area contributed by atoms with Crippen molar-refractivity contribution in [2.45, 2.75) is 26.2 Å². The number of hydrogen-bond acceptors (Lipinski definition) is 4. The minimum absolute atomic E-state index is 0.153. The molecule has 8 heteroatoms. The standard InChI is InChI=1S/C11H12F3N5/c1-2-19-7-16-18-10(19)6-15-9-5-3-4-8(17-9)11(12,13)14/h3-5,7H,2,6H2,1H3,(H,15,17). The molecule has 0 fully saturated rings. The monoisotopic (exact) mass is 271 g/mol. The van der Waals surface area contributed by atoms with E-state index in [0.29, 0.717) is 12.4 Å². The number of hydrogen-bond donors (Lipinski definition) is 1. The molecule has 0 saturated carbocycles. The van der Waals surface area contributed by atoms with Gasteiger partial charge in [0, 0.05) is 6.54 Å². The summed E-state index contributed by atoms with van der Waals surface area (Å²) < 4.78 is 39.2. The number of aromatic nitrogens is 4. The highest BCUT2D eigenvalue weighted by atomic mass is 19.4. The molecule has 5 nitrogen and oxygen atoms in total. The Morgan fingerprint density at radius 2 is 2.11 bits per heavy atom. The van der Waals surface area contributed by atoms with Gasteiger partial charge in [-0.05, 0) is 19.1 Å². The van der Waals surface area contributed by atoms with Crippen LogP contribution in [0.2, 0.25) is 0 Å². The second-order valence-corrected chi connectivity index (χ2v) is 3.79. The maximum Gasteiger partial charge on any atom is 0.433 e. The third kappa shape index (κ3) is 3.21. The van der Waals surface area contributed by atoms with Gasteiger partial charge in [0.05, 0.1) is 6.54 Å². The zero-order chi connectivity index (χ0) is 13.9. The molecule has 1 N–H and O–H groups in total. The predicted molar refractivity (Wildman–Crippen MR) is 62.3 cm³/mol. The predicted octanol–water partition coefficient (Wildman–Crippen LogP) is 2.32. The number of aryl methyl sites for hydroxylation is 1. The van der Waals surface area contributed by atoms with Crippen LogP contribution in [-0.4, -0.2) is 19.7 Å². The summed E-state index contributed by atoms with van der Waals surface area (Å²) in [6, 6.07) is 3.71. The van der Waals surface area contributed by atoms with Crippen molar-refractivity contribution in [1.29, 1.82) is 0 Å². The van der Waals surface area contributed by atoms with Gasteiger partial charge in [-0.1, -0.05) is 6.07 Å². The first-order valence-electron chi connectivity index (χ1n) is 5.65. The van der Waals surface area contributed by atoms with E-state index < -0.39 is 11.9 Å². The van der Waals surface area contributed by atoms with E-state index >= 15 is 0 Å². The van der Waals surface area contributed by atoms with Crippen LogP contribution in [0.25, 0.3) is 0 Å². The van der Waals surface area contributed by atoms with Gasteiger partial charge in [0.15, 0.2) is 5.82 Å². The van der Waals surface area contributed by atoms with Gasteiger partial charge in [0.25, 0.3) is 0 Å². The molecular formula is C11H12F3N5. The minimum atomic E-state index is -4.44. The van der Waals surface area contributed by atoms with Crippen molar-refractivity contribution in [3.63, 3.8) is 0 Å². The van der Waals surface area contributed by atoms with E-state index in [2.05, 4.69) is 20.5 Å². The van der Waals surface area contributed by atoms with Crippen LogP contribution in [0.5, 0.6) is 0 Å². The first-order chi connectivity index (χ1) is 9.00. The molecule has 0 amide bonds. The van der Waals surface area contributed by atoms with Gasteiger partial charge in [0.1, 0.15) is 17.8 Å². The second kappa shape index (κ2) is 5.25. The van der Waals surface area contributed by atoms with Gasteiger partial charge >= 0.3 is 6.18 Å². The van der Waals surface area contributed by atoms with Crippen LogP contribution < -0.4 is 5.32 Å². The Morgan fingerprint density at radius 3 is 2.79 bits per heavy atom.